The van der Waals surface area contributed by atoms with Crippen LogP contribution >= 0.6 is 0 Å². The first-order chi connectivity index (χ1) is 11.4. The van der Waals surface area contributed by atoms with E-state index in [9.17, 15) is 18.0 Å². The van der Waals surface area contributed by atoms with Crippen LogP contribution in [0.2, 0.25) is 0 Å². The van der Waals surface area contributed by atoms with Gasteiger partial charge in [-0.05, 0) is 18.6 Å². The third kappa shape index (κ3) is 5.41. The molecule has 1 heterocycles. The van der Waals surface area contributed by atoms with Crippen LogP contribution in [0.1, 0.15) is 6.42 Å². The van der Waals surface area contributed by atoms with E-state index in [0.29, 0.717) is 17.9 Å². The van der Waals surface area contributed by atoms with Crippen LogP contribution in [0, 0.1) is 0 Å². The second kappa shape index (κ2) is 8.00. The molecule has 1 aliphatic heterocycles. The van der Waals surface area contributed by atoms with E-state index in [2.05, 4.69) is 5.32 Å². The highest BCUT2D eigenvalue weighted by atomic mass is 32.2. The van der Waals surface area contributed by atoms with Gasteiger partial charge in [0.25, 0.3) is 5.91 Å². The average Bonchev–Trinajstić information content (AvgIpc) is 2.89. The van der Waals surface area contributed by atoms with Gasteiger partial charge in [0, 0.05) is 6.04 Å². The molecule has 1 aromatic rings. The Bertz CT molecular complexity index is 702. The molecule has 0 aliphatic carbocycles. The molecule has 0 bridgehead atoms. The van der Waals surface area contributed by atoms with Crippen molar-refractivity contribution in [2.75, 3.05) is 31.8 Å². The minimum Gasteiger partial charge on any atom is -0.493 e. The highest BCUT2D eigenvalue weighted by Gasteiger charge is 2.29. The Balaban J connectivity index is 1.70. The average molecular weight is 357 g/mol. The maximum Gasteiger partial charge on any atom is 0.344 e. The summed E-state index contributed by atoms with van der Waals surface area (Å²) in [5.74, 6) is -0.408. The molecule has 132 valence electrons. The molecule has 0 radical (unpaired) electrons. The first-order valence-corrected chi connectivity index (χ1v) is 9.13. The van der Waals surface area contributed by atoms with Crippen molar-refractivity contribution in [3.05, 3.63) is 24.3 Å². The van der Waals surface area contributed by atoms with Gasteiger partial charge in [-0.1, -0.05) is 12.1 Å². The molecule has 0 unspecified atom stereocenters. The van der Waals surface area contributed by atoms with E-state index in [4.69, 9.17) is 14.2 Å². The van der Waals surface area contributed by atoms with Crippen LogP contribution < -0.4 is 14.8 Å². The zero-order valence-electron chi connectivity index (χ0n) is 13.2. The zero-order valence-corrected chi connectivity index (χ0v) is 14.0. The Morgan fingerprint density at radius 1 is 1.21 bits per heavy atom. The van der Waals surface area contributed by atoms with Gasteiger partial charge in [-0.2, -0.15) is 0 Å². The Labute approximate surface area is 140 Å². The van der Waals surface area contributed by atoms with Gasteiger partial charge < -0.3 is 19.5 Å². The molecule has 1 atom stereocenters. The smallest absolute Gasteiger partial charge is 0.344 e. The van der Waals surface area contributed by atoms with Crippen molar-refractivity contribution >= 4 is 21.7 Å². The number of benzene rings is 1. The largest absolute Gasteiger partial charge is 0.493 e. The SMILES string of the molecule is COc1ccccc1OCC(=O)OCC(=O)N[C@H]1CCS(=O)(=O)C1. The van der Waals surface area contributed by atoms with Crippen LogP contribution in [0.3, 0.4) is 0 Å². The molecule has 0 saturated carbocycles. The topological polar surface area (TPSA) is 108 Å². The summed E-state index contributed by atoms with van der Waals surface area (Å²) in [5, 5.41) is 2.53. The zero-order chi connectivity index (χ0) is 17.6. The van der Waals surface area contributed by atoms with Crippen molar-refractivity contribution in [2.24, 2.45) is 0 Å². The van der Waals surface area contributed by atoms with E-state index in [0.717, 1.165) is 0 Å². The molecule has 1 saturated heterocycles. The Morgan fingerprint density at radius 3 is 2.54 bits per heavy atom. The molecule has 1 amide bonds. The number of carbonyl (C=O) groups is 2. The lowest BCUT2D eigenvalue weighted by Gasteiger charge is -2.12. The molecule has 0 aromatic heterocycles. The minimum absolute atomic E-state index is 0.0600. The van der Waals surface area contributed by atoms with E-state index in [1.54, 1.807) is 24.3 Å². The van der Waals surface area contributed by atoms with Gasteiger partial charge in [-0.25, -0.2) is 13.2 Å². The summed E-state index contributed by atoms with van der Waals surface area (Å²) in [6.45, 7) is -0.851. The molecule has 1 fully saturated rings. The van der Waals surface area contributed by atoms with Crippen LogP contribution in [-0.2, 0) is 24.2 Å². The number of esters is 1. The monoisotopic (exact) mass is 357 g/mol. The summed E-state index contributed by atoms with van der Waals surface area (Å²) in [6, 6.07) is 6.39. The Hall–Kier alpha value is -2.29. The van der Waals surface area contributed by atoms with E-state index in [-0.39, 0.29) is 18.1 Å². The van der Waals surface area contributed by atoms with Gasteiger partial charge in [-0.15, -0.1) is 0 Å². The van der Waals surface area contributed by atoms with Crippen molar-refractivity contribution in [3.8, 4) is 11.5 Å². The lowest BCUT2D eigenvalue weighted by Crippen LogP contribution is -2.38. The minimum atomic E-state index is -3.07. The molecule has 1 aliphatic rings. The van der Waals surface area contributed by atoms with E-state index >= 15 is 0 Å². The number of hydrogen-bond acceptors (Lipinski definition) is 7. The van der Waals surface area contributed by atoms with E-state index in [1.807, 2.05) is 0 Å². The van der Waals surface area contributed by atoms with Crippen LogP contribution in [0.4, 0.5) is 0 Å². The number of carbonyl (C=O) groups excluding carboxylic acids is 2. The summed E-state index contributed by atoms with van der Waals surface area (Å²) in [7, 11) is -1.59. The summed E-state index contributed by atoms with van der Waals surface area (Å²) in [6.07, 6.45) is 0.374. The number of nitrogens with one attached hydrogen (secondary N) is 1. The molecule has 1 aromatic carbocycles. The highest BCUT2D eigenvalue weighted by molar-refractivity contribution is 7.91. The van der Waals surface area contributed by atoms with Crippen molar-refractivity contribution < 1.29 is 32.2 Å². The fourth-order valence-electron chi connectivity index (χ4n) is 2.24. The molecule has 24 heavy (non-hydrogen) atoms. The lowest BCUT2D eigenvalue weighted by molar-refractivity contribution is -0.150. The van der Waals surface area contributed by atoms with Gasteiger partial charge >= 0.3 is 5.97 Å². The van der Waals surface area contributed by atoms with Gasteiger partial charge in [0.2, 0.25) is 0 Å². The van der Waals surface area contributed by atoms with E-state index in [1.165, 1.54) is 7.11 Å². The number of rotatable bonds is 7. The predicted octanol–water partition coefficient (Wildman–Crippen LogP) is -0.0795. The maximum atomic E-state index is 11.6. The van der Waals surface area contributed by atoms with Crippen LogP contribution in [0.15, 0.2) is 24.3 Å². The predicted molar refractivity (Wildman–Crippen MR) is 84.6 cm³/mol. The first kappa shape index (κ1) is 18.1. The molecule has 8 nitrogen and oxygen atoms in total. The van der Waals surface area contributed by atoms with Crippen molar-refractivity contribution in [3.63, 3.8) is 0 Å². The molecule has 0 spiro atoms. The normalized spacial score (nSPS) is 18.6. The standard InChI is InChI=1S/C15H19NO7S/c1-21-12-4-2-3-5-13(12)22-9-15(18)23-8-14(17)16-11-6-7-24(19,20)10-11/h2-5,11H,6-10H2,1H3,(H,16,17)/t11-/m0/s1. The second-order valence-electron chi connectivity index (χ2n) is 5.27. The summed E-state index contributed by atoms with van der Waals surface area (Å²) >= 11 is 0. The molecule has 1 N–H and O–H groups in total. The Morgan fingerprint density at radius 2 is 1.92 bits per heavy atom. The molecule has 9 heteroatoms. The number of para-hydroxylation sites is 2. The fourth-order valence-corrected chi connectivity index (χ4v) is 3.91. The maximum absolute atomic E-state index is 11.6. The van der Waals surface area contributed by atoms with Crippen LogP contribution in [-0.4, -0.2) is 58.2 Å². The molecular formula is C15H19NO7S. The number of methoxy groups -OCH3 is 1. The summed E-state index contributed by atoms with van der Waals surface area (Å²) < 4.78 is 37.7. The number of sulfone groups is 1. The van der Waals surface area contributed by atoms with Crippen molar-refractivity contribution in [1.29, 1.82) is 0 Å². The fraction of sp³-hybridized carbons (Fsp3) is 0.467. The van der Waals surface area contributed by atoms with E-state index < -0.39 is 34.4 Å². The third-order valence-electron chi connectivity index (χ3n) is 3.38. The van der Waals surface area contributed by atoms with Crippen LogP contribution in [0.5, 0.6) is 11.5 Å². The van der Waals surface area contributed by atoms with Gasteiger partial charge in [0.15, 0.2) is 34.6 Å². The van der Waals surface area contributed by atoms with Crippen molar-refractivity contribution in [2.45, 2.75) is 12.5 Å². The summed E-state index contributed by atoms with van der Waals surface area (Å²) in [5.41, 5.74) is 0. The van der Waals surface area contributed by atoms with Gasteiger partial charge in [0.1, 0.15) is 0 Å². The van der Waals surface area contributed by atoms with Gasteiger partial charge in [-0.3, -0.25) is 4.79 Å². The van der Waals surface area contributed by atoms with Crippen molar-refractivity contribution in [1.82, 2.24) is 5.32 Å². The first-order valence-electron chi connectivity index (χ1n) is 7.31. The molecule has 2 rings (SSSR count). The third-order valence-corrected chi connectivity index (χ3v) is 5.14. The molecular weight excluding hydrogens is 338 g/mol. The lowest BCUT2D eigenvalue weighted by atomic mass is 10.2. The summed E-state index contributed by atoms with van der Waals surface area (Å²) in [4.78, 5) is 23.2. The Kier molecular flexibility index (Phi) is 6.02. The van der Waals surface area contributed by atoms with Crippen LogP contribution in [0.25, 0.3) is 0 Å². The quantitative estimate of drug-likeness (QED) is 0.680. The number of hydrogen-bond donors (Lipinski definition) is 1. The highest BCUT2D eigenvalue weighted by Crippen LogP contribution is 2.25. The van der Waals surface area contributed by atoms with Gasteiger partial charge in [0.05, 0.1) is 18.6 Å². The number of ether oxygens (including phenoxy) is 3. The number of amides is 1. The second-order valence-corrected chi connectivity index (χ2v) is 7.50.